The van der Waals surface area contributed by atoms with Gasteiger partial charge in [-0.3, -0.25) is 10.1 Å². The van der Waals surface area contributed by atoms with E-state index < -0.39 is 10.9 Å². The lowest BCUT2D eigenvalue weighted by Gasteiger charge is -2.02. The summed E-state index contributed by atoms with van der Waals surface area (Å²) in [7, 11) is 0. The molecule has 0 spiro atoms. The van der Waals surface area contributed by atoms with E-state index in [-0.39, 0.29) is 22.2 Å². The normalized spacial score (nSPS) is 10.2. The van der Waals surface area contributed by atoms with E-state index in [1.807, 2.05) is 0 Å². The van der Waals surface area contributed by atoms with Gasteiger partial charge in [-0.15, -0.1) is 0 Å². The van der Waals surface area contributed by atoms with Crippen LogP contribution in [0.1, 0.15) is 10.5 Å². The zero-order valence-electron chi connectivity index (χ0n) is 9.28. The minimum atomic E-state index is -1.29. The maximum atomic E-state index is 10.9. The van der Waals surface area contributed by atoms with Gasteiger partial charge in [0.15, 0.2) is 11.5 Å². The third kappa shape index (κ3) is 2.66. The highest BCUT2D eigenvalue weighted by molar-refractivity contribution is 6.33. The third-order valence-electron chi connectivity index (χ3n) is 2.26. The Labute approximate surface area is 111 Å². The number of nitrogens with zero attached hydrogens (tertiary/aromatic N) is 3. The molecule has 0 aliphatic rings. The lowest BCUT2D eigenvalue weighted by molar-refractivity contribution is -0.384. The molecule has 1 heterocycles. The predicted molar refractivity (Wildman–Crippen MR) is 66.1 cm³/mol. The Kier molecular flexibility index (Phi) is 3.39. The first kappa shape index (κ1) is 12.9. The molecule has 0 saturated carbocycles. The Morgan fingerprint density at radius 2 is 2.16 bits per heavy atom. The molecule has 0 bridgehead atoms. The van der Waals surface area contributed by atoms with Crippen molar-refractivity contribution in [1.29, 1.82) is 0 Å². The molecule has 0 saturated heterocycles. The van der Waals surface area contributed by atoms with Crippen LogP contribution in [0, 0.1) is 10.1 Å². The molecule has 0 unspecified atom stereocenters. The molecule has 0 atom stereocenters. The van der Waals surface area contributed by atoms with Crippen molar-refractivity contribution in [3.05, 3.63) is 51.3 Å². The fourth-order valence-corrected chi connectivity index (χ4v) is 1.59. The second kappa shape index (κ2) is 4.99. The summed E-state index contributed by atoms with van der Waals surface area (Å²) in [5.41, 5.74) is -0.139. The standard InChI is InChI=1S/C11H6ClN3O4/c12-8-5-13-10(14-9(8)11(16)17)6-2-1-3-7(4-6)15(18)19/h1-5H,(H,16,17). The summed E-state index contributed by atoms with van der Waals surface area (Å²) in [6.45, 7) is 0. The highest BCUT2D eigenvalue weighted by Gasteiger charge is 2.15. The number of nitro benzene ring substituents is 1. The van der Waals surface area contributed by atoms with E-state index in [4.69, 9.17) is 16.7 Å². The van der Waals surface area contributed by atoms with Crippen molar-refractivity contribution in [2.45, 2.75) is 0 Å². The van der Waals surface area contributed by atoms with Crippen molar-refractivity contribution in [3.8, 4) is 11.4 Å². The van der Waals surface area contributed by atoms with E-state index >= 15 is 0 Å². The Morgan fingerprint density at radius 1 is 1.42 bits per heavy atom. The summed E-state index contributed by atoms with van der Waals surface area (Å²) in [6, 6.07) is 5.58. The van der Waals surface area contributed by atoms with Gasteiger partial charge in [0.25, 0.3) is 5.69 Å². The molecule has 7 nitrogen and oxygen atoms in total. The van der Waals surface area contributed by atoms with Gasteiger partial charge in [0.2, 0.25) is 0 Å². The van der Waals surface area contributed by atoms with Gasteiger partial charge < -0.3 is 5.11 Å². The number of hydrogen-bond acceptors (Lipinski definition) is 5. The second-order valence-electron chi connectivity index (χ2n) is 3.50. The Balaban J connectivity index is 2.53. The third-order valence-corrected chi connectivity index (χ3v) is 2.54. The van der Waals surface area contributed by atoms with E-state index in [2.05, 4.69) is 9.97 Å². The summed E-state index contributed by atoms with van der Waals surface area (Å²) < 4.78 is 0. The van der Waals surface area contributed by atoms with Crippen molar-refractivity contribution in [2.75, 3.05) is 0 Å². The van der Waals surface area contributed by atoms with Crippen molar-refractivity contribution in [3.63, 3.8) is 0 Å². The first-order chi connectivity index (χ1) is 8.99. The van der Waals surface area contributed by atoms with Crippen molar-refractivity contribution in [2.24, 2.45) is 0 Å². The van der Waals surface area contributed by atoms with Gasteiger partial charge in [-0.2, -0.15) is 0 Å². The zero-order chi connectivity index (χ0) is 14.0. The molecule has 0 radical (unpaired) electrons. The van der Waals surface area contributed by atoms with E-state index in [1.165, 1.54) is 18.2 Å². The minimum absolute atomic E-state index is 0.0606. The first-order valence-corrected chi connectivity index (χ1v) is 5.37. The van der Waals surface area contributed by atoms with Crippen LogP contribution in [0.2, 0.25) is 5.02 Å². The molecule has 0 aliphatic carbocycles. The number of hydrogen-bond donors (Lipinski definition) is 1. The number of benzene rings is 1. The minimum Gasteiger partial charge on any atom is -0.476 e. The van der Waals surface area contributed by atoms with E-state index in [0.717, 1.165) is 6.20 Å². The SMILES string of the molecule is O=C(O)c1nc(-c2cccc([N+](=O)[O-])c2)ncc1Cl. The Morgan fingerprint density at radius 3 is 2.79 bits per heavy atom. The average molecular weight is 280 g/mol. The molecule has 1 aromatic carbocycles. The first-order valence-electron chi connectivity index (χ1n) is 4.99. The lowest BCUT2D eigenvalue weighted by Crippen LogP contribution is -2.04. The Bertz CT molecular complexity index is 675. The summed E-state index contributed by atoms with van der Waals surface area (Å²) in [5, 5.41) is 19.5. The van der Waals surface area contributed by atoms with Crippen molar-refractivity contribution >= 4 is 23.3 Å². The fourth-order valence-electron chi connectivity index (χ4n) is 1.41. The molecule has 1 aromatic heterocycles. The second-order valence-corrected chi connectivity index (χ2v) is 3.91. The topological polar surface area (TPSA) is 106 Å². The summed E-state index contributed by atoms with van der Waals surface area (Å²) in [4.78, 5) is 28.6. The predicted octanol–water partition coefficient (Wildman–Crippen LogP) is 2.40. The molecule has 0 aliphatic heterocycles. The zero-order valence-corrected chi connectivity index (χ0v) is 10.0. The van der Waals surface area contributed by atoms with Gasteiger partial charge >= 0.3 is 5.97 Å². The summed E-state index contributed by atoms with van der Waals surface area (Å²) in [6.07, 6.45) is 1.15. The van der Waals surface area contributed by atoms with Crippen LogP contribution in [0.4, 0.5) is 5.69 Å². The van der Waals surface area contributed by atoms with Crippen LogP contribution in [0.3, 0.4) is 0 Å². The summed E-state index contributed by atoms with van der Waals surface area (Å²) in [5.74, 6) is -1.23. The lowest BCUT2D eigenvalue weighted by atomic mass is 10.2. The number of carboxylic acid groups (broad SMARTS) is 1. The number of rotatable bonds is 3. The average Bonchev–Trinajstić information content (AvgIpc) is 2.39. The van der Waals surface area contributed by atoms with Crippen LogP contribution in [0.5, 0.6) is 0 Å². The number of carboxylic acids is 1. The molecular weight excluding hydrogens is 274 g/mol. The molecule has 2 rings (SSSR count). The molecule has 2 aromatic rings. The van der Waals surface area contributed by atoms with Crippen LogP contribution in [0.15, 0.2) is 30.5 Å². The van der Waals surface area contributed by atoms with Crippen molar-refractivity contribution in [1.82, 2.24) is 9.97 Å². The van der Waals surface area contributed by atoms with E-state index in [9.17, 15) is 14.9 Å². The number of nitro groups is 1. The summed E-state index contributed by atoms with van der Waals surface area (Å²) >= 11 is 5.65. The fraction of sp³-hybridized carbons (Fsp3) is 0. The maximum absolute atomic E-state index is 10.9. The number of non-ortho nitro benzene ring substituents is 1. The van der Waals surface area contributed by atoms with Gasteiger partial charge in [-0.05, 0) is 0 Å². The highest BCUT2D eigenvalue weighted by Crippen LogP contribution is 2.22. The molecule has 19 heavy (non-hydrogen) atoms. The van der Waals surface area contributed by atoms with Gasteiger partial charge in [-0.25, -0.2) is 14.8 Å². The van der Waals surface area contributed by atoms with Crippen LogP contribution < -0.4 is 0 Å². The number of carbonyl (C=O) groups is 1. The van der Waals surface area contributed by atoms with Gasteiger partial charge in [0, 0.05) is 17.7 Å². The molecular formula is C11H6ClN3O4. The molecule has 0 fully saturated rings. The Hall–Kier alpha value is -2.54. The quantitative estimate of drug-likeness (QED) is 0.683. The smallest absolute Gasteiger partial charge is 0.356 e. The van der Waals surface area contributed by atoms with Crippen molar-refractivity contribution < 1.29 is 14.8 Å². The largest absolute Gasteiger partial charge is 0.476 e. The van der Waals surface area contributed by atoms with E-state index in [1.54, 1.807) is 6.07 Å². The number of halogens is 1. The van der Waals surface area contributed by atoms with Crippen LogP contribution in [-0.4, -0.2) is 26.0 Å². The molecule has 96 valence electrons. The van der Waals surface area contributed by atoms with E-state index in [0.29, 0.717) is 5.56 Å². The molecule has 1 N–H and O–H groups in total. The van der Waals surface area contributed by atoms with Crippen LogP contribution >= 0.6 is 11.6 Å². The van der Waals surface area contributed by atoms with Crippen LogP contribution in [0.25, 0.3) is 11.4 Å². The number of aromatic carboxylic acids is 1. The van der Waals surface area contributed by atoms with Crippen LogP contribution in [-0.2, 0) is 0 Å². The van der Waals surface area contributed by atoms with Gasteiger partial charge in [0.1, 0.15) is 0 Å². The van der Waals surface area contributed by atoms with Gasteiger partial charge in [-0.1, -0.05) is 23.7 Å². The maximum Gasteiger partial charge on any atom is 0.356 e. The monoisotopic (exact) mass is 279 g/mol. The number of aromatic nitrogens is 2. The molecule has 0 amide bonds. The highest BCUT2D eigenvalue weighted by atomic mass is 35.5. The molecule has 8 heteroatoms. The van der Waals surface area contributed by atoms with Gasteiger partial charge in [0.05, 0.1) is 16.1 Å².